The minimum Gasteiger partial charge on any atom is -0.0840 e. The molecule has 0 unspecified atom stereocenters. The third-order valence-corrected chi connectivity index (χ3v) is 7.21. The van der Waals surface area contributed by atoms with E-state index in [1.807, 2.05) is 6.07 Å². The van der Waals surface area contributed by atoms with E-state index in [1.54, 1.807) is 0 Å². The van der Waals surface area contributed by atoms with Crippen LogP contribution in [0.15, 0.2) is 103 Å². The van der Waals surface area contributed by atoms with E-state index >= 15 is 0 Å². The van der Waals surface area contributed by atoms with Gasteiger partial charge >= 0.3 is 16.5 Å². The molecule has 0 atom stereocenters. The van der Waals surface area contributed by atoms with Crippen LogP contribution in [0.3, 0.4) is 0 Å². The third kappa shape index (κ3) is 3.86. The SMILES string of the molecule is Clc1cccc(P(c2ccccc2)c2ccccc2)c1C1C=CC=C1.[Ni+2]. The van der Waals surface area contributed by atoms with Gasteiger partial charge in [0.05, 0.1) is 0 Å². The van der Waals surface area contributed by atoms with E-state index in [2.05, 4.69) is 97.1 Å². The zero-order valence-corrected chi connectivity index (χ0v) is 16.7. The van der Waals surface area contributed by atoms with Gasteiger partial charge in [0.2, 0.25) is 0 Å². The molecule has 0 bridgehead atoms. The molecule has 0 radical (unpaired) electrons. The summed E-state index contributed by atoms with van der Waals surface area (Å²) in [5.74, 6) is 0.251. The zero-order valence-electron chi connectivity index (χ0n) is 14.0. The van der Waals surface area contributed by atoms with Crippen molar-refractivity contribution in [3.63, 3.8) is 0 Å². The van der Waals surface area contributed by atoms with Gasteiger partial charge in [-0.2, -0.15) is 0 Å². The topological polar surface area (TPSA) is 0 Å². The van der Waals surface area contributed by atoms with Crippen molar-refractivity contribution < 1.29 is 16.5 Å². The van der Waals surface area contributed by atoms with Crippen LogP contribution in [-0.2, 0) is 16.5 Å². The van der Waals surface area contributed by atoms with Crippen LogP contribution in [-0.4, -0.2) is 0 Å². The fourth-order valence-electron chi connectivity index (χ4n) is 3.26. The Morgan fingerprint density at radius 1 is 0.654 bits per heavy atom. The van der Waals surface area contributed by atoms with Crippen LogP contribution >= 0.6 is 19.5 Å². The quantitative estimate of drug-likeness (QED) is 0.397. The van der Waals surface area contributed by atoms with Gasteiger partial charge in [-0.3, -0.25) is 0 Å². The molecule has 1 aliphatic carbocycles. The van der Waals surface area contributed by atoms with E-state index in [-0.39, 0.29) is 22.4 Å². The molecule has 4 rings (SSSR count). The van der Waals surface area contributed by atoms with Gasteiger partial charge in [0.25, 0.3) is 0 Å². The number of benzene rings is 3. The van der Waals surface area contributed by atoms with Crippen LogP contribution in [0.25, 0.3) is 0 Å². The summed E-state index contributed by atoms with van der Waals surface area (Å²) in [7, 11) is -0.651. The second kappa shape index (κ2) is 8.83. The minimum atomic E-state index is -0.651. The van der Waals surface area contributed by atoms with E-state index in [9.17, 15) is 0 Å². The summed E-state index contributed by atoms with van der Waals surface area (Å²) in [5, 5.41) is 4.87. The van der Waals surface area contributed by atoms with Crippen molar-refractivity contribution in [2.75, 3.05) is 0 Å². The zero-order chi connectivity index (χ0) is 17.1. The van der Waals surface area contributed by atoms with Gasteiger partial charge < -0.3 is 0 Å². The predicted molar refractivity (Wildman–Crippen MR) is 111 cm³/mol. The molecule has 26 heavy (non-hydrogen) atoms. The van der Waals surface area contributed by atoms with Crippen molar-refractivity contribution in [2.24, 2.45) is 0 Å². The molecule has 3 aromatic rings. The fraction of sp³-hybridized carbons (Fsp3) is 0.0435. The van der Waals surface area contributed by atoms with Gasteiger partial charge in [-0.1, -0.05) is 109 Å². The molecular weight excluding hydrogens is 401 g/mol. The summed E-state index contributed by atoms with van der Waals surface area (Å²) in [5.41, 5.74) is 1.23. The molecular formula is C23H18ClNiP+2. The van der Waals surface area contributed by atoms with Gasteiger partial charge in [0, 0.05) is 10.9 Å². The van der Waals surface area contributed by atoms with Crippen LogP contribution < -0.4 is 15.9 Å². The van der Waals surface area contributed by atoms with Crippen LogP contribution in [0.2, 0.25) is 5.02 Å². The molecule has 130 valence electrons. The van der Waals surface area contributed by atoms with E-state index < -0.39 is 7.92 Å². The summed E-state index contributed by atoms with van der Waals surface area (Å²) >= 11 is 6.67. The Bertz CT molecular complexity index is 868. The summed E-state index contributed by atoms with van der Waals surface area (Å²) in [4.78, 5) is 0. The first-order valence-corrected chi connectivity index (χ1v) is 10.1. The maximum absolute atomic E-state index is 6.67. The van der Waals surface area contributed by atoms with Crippen LogP contribution in [0.4, 0.5) is 0 Å². The number of halogens is 1. The Morgan fingerprint density at radius 2 is 1.19 bits per heavy atom. The summed E-state index contributed by atoms with van der Waals surface area (Å²) in [6.45, 7) is 0. The molecule has 3 heteroatoms. The average Bonchev–Trinajstić information content (AvgIpc) is 3.18. The Kier molecular flexibility index (Phi) is 6.49. The molecule has 0 amide bonds. The molecule has 3 aromatic carbocycles. The molecule has 0 N–H and O–H groups in total. The fourth-order valence-corrected chi connectivity index (χ4v) is 6.16. The molecule has 0 nitrogen and oxygen atoms in total. The molecule has 0 aromatic heterocycles. The van der Waals surface area contributed by atoms with Crippen molar-refractivity contribution in [3.05, 3.63) is 114 Å². The van der Waals surface area contributed by atoms with E-state index in [4.69, 9.17) is 11.6 Å². The molecule has 1 aliphatic rings. The predicted octanol–water partition coefficient (Wildman–Crippen LogP) is 5.31. The van der Waals surface area contributed by atoms with Crippen molar-refractivity contribution >= 4 is 35.4 Å². The van der Waals surface area contributed by atoms with Gasteiger partial charge in [-0.05, 0) is 35.5 Å². The number of hydrogen-bond acceptors (Lipinski definition) is 0. The smallest absolute Gasteiger partial charge is 0.0840 e. The maximum atomic E-state index is 6.67. The van der Waals surface area contributed by atoms with E-state index in [1.165, 1.54) is 21.5 Å². The normalized spacial score (nSPS) is 13.2. The molecule has 0 fully saturated rings. The average molecular weight is 420 g/mol. The van der Waals surface area contributed by atoms with Gasteiger partial charge in [-0.25, -0.2) is 0 Å². The second-order valence-electron chi connectivity index (χ2n) is 5.97. The van der Waals surface area contributed by atoms with Crippen molar-refractivity contribution in [2.45, 2.75) is 5.92 Å². The maximum Gasteiger partial charge on any atom is 2.00 e. The van der Waals surface area contributed by atoms with Crippen LogP contribution in [0, 0.1) is 0 Å². The van der Waals surface area contributed by atoms with Crippen molar-refractivity contribution in [1.29, 1.82) is 0 Å². The summed E-state index contributed by atoms with van der Waals surface area (Å²) in [6, 6.07) is 27.8. The Balaban J connectivity index is 0.00000196. The molecule has 0 heterocycles. The Morgan fingerprint density at radius 3 is 1.73 bits per heavy atom. The van der Waals surface area contributed by atoms with E-state index in [0.29, 0.717) is 0 Å². The molecule has 0 saturated carbocycles. The second-order valence-corrected chi connectivity index (χ2v) is 8.57. The number of allylic oxidation sites excluding steroid dienone is 4. The van der Waals surface area contributed by atoms with Crippen molar-refractivity contribution in [1.82, 2.24) is 0 Å². The first-order valence-electron chi connectivity index (χ1n) is 8.38. The monoisotopic (exact) mass is 418 g/mol. The largest absolute Gasteiger partial charge is 2.00 e. The Hall–Kier alpha value is -1.65. The standard InChI is InChI=1S/C23H18ClP.Ni/c24-21-16-9-17-22(23(21)18-10-7-8-11-18)25(19-12-3-1-4-13-19)20-14-5-2-6-15-20;/h1-18H;/q;+2. The summed E-state index contributed by atoms with van der Waals surface area (Å²) in [6.07, 6.45) is 8.64. The van der Waals surface area contributed by atoms with Gasteiger partial charge in [-0.15, -0.1) is 0 Å². The van der Waals surface area contributed by atoms with Crippen LogP contribution in [0.5, 0.6) is 0 Å². The first-order chi connectivity index (χ1) is 12.3. The minimum absolute atomic E-state index is 0. The molecule has 0 saturated heterocycles. The van der Waals surface area contributed by atoms with Gasteiger partial charge in [0.1, 0.15) is 0 Å². The summed E-state index contributed by atoms with van der Waals surface area (Å²) < 4.78 is 0. The van der Waals surface area contributed by atoms with Crippen molar-refractivity contribution in [3.8, 4) is 0 Å². The number of rotatable bonds is 4. The van der Waals surface area contributed by atoms with Gasteiger partial charge in [0.15, 0.2) is 0 Å². The molecule has 0 spiro atoms. The molecule has 0 aliphatic heterocycles. The number of hydrogen-bond donors (Lipinski definition) is 0. The Labute approximate surface area is 171 Å². The first kappa shape index (κ1) is 19.1. The third-order valence-electron chi connectivity index (χ3n) is 4.38. The van der Waals surface area contributed by atoms with Crippen LogP contribution in [0.1, 0.15) is 11.5 Å². The van der Waals surface area contributed by atoms with E-state index in [0.717, 1.165) is 5.02 Å².